The molecule has 1 aromatic carbocycles. The van der Waals surface area contributed by atoms with Crippen LogP contribution in [0.4, 0.5) is 4.39 Å². The van der Waals surface area contributed by atoms with Gasteiger partial charge in [0.25, 0.3) is 0 Å². The van der Waals surface area contributed by atoms with Gasteiger partial charge in [-0.25, -0.2) is 4.39 Å². The van der Waals surface area contributed by atoms with Crippen molar-refractivity contribution in [2.75, 3.05) is 6.61 Å². The summed E-state index contributed by atoms with van der Waals surface area (Å²) in [6, 6.07) is 3.18. The Hall–Kier alpha value is -1.22. The van der Waals surface area contributed by atoms with Crippen molar-refractivity contribution in [3.05, 3.63) is 34.6 Å². The van der Waals surface area contributed by atoms with Gasteiger partial charge in [-0.3, -0.25) is 4.79 Å². The molecule has 1 aromatic rings. The van der Waals surface area contributed by atoms with Gasteiger partial charge < -0.3 is 4.74 Å². The molecule has 0 amide bonds. The number of halogens is 1. The fourth-order valence-corrected chi connectivity index (χ4v) is 1.93. The fraction of sp³-hybridized carbons (Fsp3) is 0.500. The van der Waals surface area contributed by atoms with E-state index in [1.54, 1.807) is 33.8 Å². The molecule has 0 saturated carbocycles. The number of ketones is 1. The van der Waals surface area contributed by atoms with E-state index in [0.29, 0.717) is 12.2 Å². The Balaban J connectivity index is 3.21. The highest BCUT2D eigenvalue weighted by molar-refractivity contribution is 6.03. The Morgan fingerprint density at radius 1 is 1.35 bits per heavy atom. The van der Waals surface area contributed by atoms with Crippen LogP contribution in [0, 0.1) is 19.7 Å². The summed E-state index contributed by atoms with van der Waals surface area (Å²) in [7, 11) is 0. The van der Waals surface area contributed by atoms with Crippen LogP contribution in [0.15, 0.2) is 12.1 Å². The van der Waals surface area contributed by atoms with Crippen molar-refractivity contribution in [3.8, 4) is 0 Å². The number of carbonyl (C=O) groups is 1. The third-order valence-electron chi connectivity index (χ3n) is 2.71. The number of carbonyl (C=O) groups excluding carboxylic acids is 1. The topological polar surface area (TPSA) is 26.3 Å². The number of rotatable bonds is 4. The second-order valence-corrected chi connectivity index (χ2v) is 4.71. The number of hydrogen-bond acceptors (Lipinski definition) is 2. The van der Waals surface area contributed by atoms with Gasteiger partial charge in [-0.2, -0.15) is 0 Å². The molecule has 0 spiro atoms. The predicted molar refractivity (Wildman–Crippen MR) is 65.9 cm³/mol. The first kappa shape index (κ1) is 13.8. The number of hydrogen-bond donors (Lipinski definition) is 0. The molecular formula is C14H19FO2. The summed E-state index contributed by atoms with van der Waals surface area (Å²) in [5.74, 6) is -0.783. The minimum Gasteiger partial charge on any atom is -0.368 e. The maximum atomic E-state index is 13.9. The zero-order valence-corrected chi connectivity index (χ0v) is 11.1. The third-order valence-corrected chi connectivity index (χ3v) is 2.71. The molecule has 0 aromatic heterocycles. The molecule has 0 aliphatic rings. The number of ether oxygens (including phenoxy) is 1. The Labute approximate surface area is 102 Å². The summed E-state index contributed by atoms with van der Waals surface area (Å²) in [6.07, 6.45) is 0. The lowest BCUT2D eigenvalue weighted by molar-refractivity contribution is 0.000894. The van der Waals surface area contributed by atoms with Crippen LogP contribution in [0.25, 0.3) is 0 Å². The van der Waals surface area contributed by atoms with E-state index in [2.05, 4.69) is 0 Å². The molecule has 3 heteroatoms. The van der Waals surface area contributed by atoms with Crippen LogP contribution < -0.4 is 0 Å². The zero-order chi connectivity index (χ0) is 13.2. The SMILES string of the molecule is CCOC(C)(C)C(=O)c1c(C)cc(C)cc1F. The normalized spacial score (nSPS) is 11.6. The van der Waals surface area contributed by atoms with Crippen molar-refractivity contribution < 1.29 is 13.9 Å². The van der Waals surface area contributed by atoms with Crippen LogP contribution in [0.2, 0.25) is 0 Å². The van der Waals surface area contributed by atoms with Gasteiger partial charge in [-0.05, 0) is 51.8 Å². The van der Waals surface area contributed by atoms with E-state index >= 15 is 0 Å². The molecule has 0 bridgehead atoms. The minimum absolute atomic E-state index is 0.133. The Bertz CT molecular complexity index is 413. The molecule has 1 rings (SSSR count). The van der Waals surface area contributed by atoms with Gasteiger partial charge in [0.2, 0.25) is 0 Å². The Morgan fingerprint density at radius 2 is 1.94 bits per heavy atom. The monoisotopic (exact) mass is 238 g/mol. The molecule has 0 atom stereocenters. The highest BCUT2D eigenvalue weighted by Crippen LogP contribution is 2.23. The Kier molecular flexibility index (Phi) is 4.04. The first-order valence-electron chi connectivity index (χ1n) is 5.75. The van der Waals surface area contributed by atoms with E-state index in [4.69, 9.17) is 4.74 Å². The van der Waals surface area contributed by atoms with Crippen molar-refractivity contribution >= 4 is 5.78 Å². The van der Waals surface area contributed by atoms with Gasteiger partial charge in [0.1, 0.15) is 11.4 Å². The van der Waals surface area contributed by atoms with Crippen LogP contribution >= 0.6 is 0 Å². The lowest BCUT2D eigenvalue weighted by atomic mass is 9.92. The molecule has 0 unspecified atom stereocenters. The largest absolute Gasteiger partial charge is 0.368 e. The number of Topliss-reactive ketones (excluding diaryl/α,β-unsaturated/α-hetero) is 1. The highest BCUT2D eigenvalue weighted by Gasteiger charge is 2.32. The van der Waals surface area contributed by atoms with Crippen LogP contribution in [-0.2, 0) is 4.74 Å². The van der Waals surface area contributed by atoms with Crippen LogP contribution in [0.5, 0.6) is 0 Å². The van der Waals surface area contributed by atoms with Crippen molar-refractivity contribution in [2.45, 2.75) is 40.2 Å². The smallest absolute Gasteiger partial charge is 0.197 e. The zero-order valence-electron chi connectivity index (χ0n) is 11.1. The molecule has 0 aliphatic heterocycles. The lowest BCUT2D eigenvalue weighted by Crippen LogP contribution is -2.36. The summed E-state index contributed by atoms with van der Waals surface area (Å²) in [5.41, 5.74) is 0.607. The maximum absolute atomic E-state index is 13.9. The van der Waals surface area contributed by atoms with E-state index in [1.807, 2.05) is 6.92 Å². The predicted octanol–water partition coefficient (Wildman–Crippen LogP) is 3.44. The Morgan fingerprint density at radius 3 is 2.41 bits per heavy atom. The summed E-state index contributed by atoms with van der Waals surface area (Å²) in [4.78, 5) is 12.2. The lowest BCUT2D eigenvalue weighted by Gasteiger charge is -2.24. The highest BCUT2D eigenvalue weighted by atomic mass is 19.1. The molecular weight excluding hydrogens is 219 g/mol. The molecule has 0 N–H and O–H groups in total. The van der Waals surface area contributed by atoms with E-state index in [-0.39, 0.29) is 11.3 Å². The van der Waals surface area contributed by atoms with Crippen LogP contribution in [-0.4, -0.2) is 18.0 Å². The van der Waals surface area contributed by atoms with Gasteiger partial charge in [0.15, 0.2) is 5.78 Å². The third kappa shape index (κ3) is 2.91. The molecule has 2 nitrogen and oxygen atoms in total. The first-order chi connectivity index (χ1) is 7.79. The second kappa shape index (κ2) is 4.96. The summed E-state index contributed by atoms with van der Waals surface area (Å²) in [5, 5.41) is 0. The average Bonchev–Trinajstić information content (AvgIpc) is 2.15. The molecule has 94 valence electrons. The number of aryl methyl sites for hydroxylation is 2. The van der Waals surface area contributed by atoms with Gasteiger partial charge in [-0.15, -0.1) is 0 Å². The standard InChI is InChI=1S/C14H19FO2/c1-6-17-14(4,5)13(16)12-10(3)7-9(2)8-11(12)15/h7-8H,6H2,1-5H3. The second-order valence-electron chi connectivity index (χ2n) is 4.71. The number of benzene rings is 1. The van der Waals surface area contributed by atoms with Crippen molar-refractivity contribution in [1.82, 2.24) is 0 Å². The maximum Gasteiger partial charge on any atom is 0.197 e. The molecule has 0 heterocycles. The first-order valence-corrected chi connectivity index (χ1v) is 5.75. The molecule has 0 saturated heterocycles. The van der Waals surface area contributed by atoms with Crippen LogP contribution in [0.1, 0.15) is 42.3 Å². The molecule has 0 radical (unpaired) electrons. The van der Waals surface area contributed by atoms with E-state index in [1.165, 1.54) is 6.07 Å². The quantitative estimate of drug-likeness (QED) is 0.751. The summed E-state index contributed by atoms with van der Waals surface area (Å²) in [6.45, 7) is 9.11. The summed E-state index contributed by atoms with van der Waals surface area (Å²) < 4.78 is 19.2. The van der Waals surface area contributed by atoms with Gasteiger partial charge in [-0.1, -0.05) is 6.07 Å². The van der Waals surface area contributed by atoms with E-state index < -0.39 is 11.4 Å². The summed E-state index contributed by atoms with van der Waals surface area (Å²) >= 11 is 0. The van der Waals surface area contributed by atoms with Crippen molar-refractivity contribution in [1.29, 1.82) is 0 Å². The molecule has 0 fully saturated rings. The van der Waals surface area contributed by atoms with E-state index in [0.717, 1.165) is 5.56 Å². The minimum atomic E-state index is -0.990. The molecule has 0 aliphatic carbocycles. The van der Waals surface area contributed by atoms with Crippen molar-refractivity contribution in [2.24, 2.45) is 0 Å². The van der Waals surface area contributed by atoms with Crippen molar-refractivity contribution in [3.63, 3.8) is 0 Å². The van der Waals surface area contributed by atoms with Gasteiger partial charge in [0, 0.05) is 6.61 Å². The van der Waals surface area contributed by atoms with Gasteiger partial charge >= 0.3 is 0 Å². The van der Waals surface area contributed by atoms with Crippen LogP contribution in [0.3, 0.4) is 0 Å². The molecule has 17 heavy (non-hydrogen) atoms. The van der Waals surface area contributed by atoms with Gasteiger partial charge in [0.05, 0.1) is 5.56 Å². The van der Waals surface area contributed by atoms with E-state index in [9.17, 15) is 9.18 Å². The average molecular weight is 238 g/mol. The fourth-order valence-electron chi connectivity index (χ4n) is 1.93.